The SMILES string of the molecule is Cc1cc(OCc2c(C(C)C)nnn2-c2c(Cl)cccc2Cl)ccc1CNCc1cccc(C(=O)O)c1. The molecule has 2 N–H and O–H groups in total. The van der Waals surface area contributed by atoms with Crippen LogP contribution in [0.3, 0.4) is 0 Å². The Morgan fingerprint density at radius 2 is 1.78 bits per heavy atom. The molecule has 0 spiro atoms. The number of ether oxygens (including phenoxy) is 1. The third-order valence-corrected chi connectivity index (χ3v) is 6.61. The molecule has 0 atom stereocenters. The highest BCUT2D eigenvalue weighted by Gasteiger charge is 2.21. The number of carboxylic acid groups (broad SMARTS) is 1. The Bertz CT molecular complexity index is 1400. The fourth-order valence-electron chi connectivity index (χ4n) is 4.03. The van der Waals surface area contributed by atoms with Crippen LogP contribution in [0.2, 0.25) is 10.0 Å². The number of rotatable bonds is 10. The van der Waals surface area contributed by atoms with Crippen LogP contribution in [0.25, 0.3) is 5.69 Å². The third-order valence-electron chi connectivity index (χ3n) is 6.00. The molecule has 0 saturated heterocycles. The van der Waals surface area contributed by atoms with Crippen LogP contribution < -0.4 is 10.1 Å². The van der Waals surface area contributed by atoms with Crippen LogP contribution in [0, 0.1) is 6.92 Å². The maximum Gasteiger partial charge on any atom is 0.335 e. The number of aromatic nitrogens is 3. The van der Waals surface area contributed by atoms with Crippen LogP contribution in [0.4, 0.5) is 0 Å². The van der Waals surface area contributed by atoms with E-state index in [0.29, 0.717) is 28.8 Å². The van der Waals surface area contributed by atoms with Gasteiger partial charge in [0.25, 0.3) is 0 Å². The lowest BCUT2D eigenvalue weighted by atomic mass is 10.1. The van der Waals surface area contributed by atoms with Gasteiger partial charge >= 0.3 is 5.97 Å². The lowest BCUT2D eigenvalue weighted by molar-refractivity contribution is 0.0696. The van der Waals surface area contributed by atoms with Crippen molar-refractivity contribution < 1.29 is 14.6 Å². The van der Waals surface area contributed by atoms with Crippen molar-refractivity contribution in [1.82, 2.24) is 20.3 Å². The molecule has 0 fully saturated rings. The second kappa shape index (κ2) is 11.8. The Morgan fingerprint density at radius 1 is 1.05 bits per heavy atom. The molecule has 0 aliphatic carbocycles. The molecule has 0 radical (unpaired) electrons. The van der Waals surface area contributed by atoms with E-state index in [1.165, 1.54) is 0 Å². The van der Waals surface area contributed by atoms with E-state index in [2.05, 4.69) is 29.5 Å². The summed E-state index contributed by atoms with van der Waals surface area (Å²) in [5.41, 5.74) is 5.59. The van der Waals surface area contributed by atoms with E-state index in [-0.39, 0.29) is 18.1 Å². The maximum atomic E-state index is 11.2. The van der Waals surface area contributed by atoms with Gasteiger partial charge < -0.3 is 15.2 Å². The Hall–Kier alpha value is -3.39. The number of halogens is 2. The fourth-order valence-corrected chi connectivity index (χ4v) is 4.59. The van der Waals surface area contributed by atoms with E-state index >= 15 is 0 Å². The summed E-state index contributed by atoms with van der Waals surface area (Å²) in [5.74, 6) is -0.0642. The topological polar surface area (TPSA) is 89.3 Å². The summed E-state index contributed by atoms with van der Waals surface area (Å²) in [6.07, 6.45) is 0. The van der Waals surface area contributed by atoms with Gasteiger partial charge in [-0.2, -0.15) is 0 Å². The standard InChI is InChI=1S/C28H28Cl2N4O3/c1-17(2)26-25(34(33-32-26)27-23(29)8-5-9-24(27)30)16-37-22-11-10-21(18(3)12-22)15-31-14-19-6-4-7-20(13-19)28(35)36/h4-13,17,31H,14-16H2,1-3H3,(H,35,36). The van der Waals surface area contributed by atoms with Crippen LogP contribution in [-0.2, 0) is 19.7 Å². The summed E-state index contributed by atoms with van der Waals surface area (Å²) < 4.78 is 7.82. The van der Waals surface area contributed by atoms with E-state index in [1.807, 2.05) is 31.2 Å². The number of para-hydroxylation sites is 1. The van der Waals surface area contributed by atoms with E-state index in [9.17, 15) is 4.79 Å². The van der Waals surface area contributed by atoms with Gasteiger partial charge in [-0.15, -0.1) is 5.10 Å². The first kappa shape index (κ1) is 26.7. The molecule has 3 aromatic carbocycles. The van der Waals surface area contributed by atoms with Crippen LogP contribution >= 0.6 is 23.2 Å². The number of hydrogen-bond donors (Lipinski definition) is 2. The number of nitrogens with zero attached hydrogens (tertiary/aromatic N) is 3. The third kappa shape index (κ3) is 6.31. The molecule has 0 saturated carbocycles. The van der Waals surface area contributed by atoms with Crippen LogP contribution in [0.15, 0.2) is 60.7 Å². The van der Waals surface area contributed by atoms with Gasteiger partial charge in [-0.05, 0) is 65.9 Å². The number of hydrogen-bond acceptors (Lipinski definition) is 5. The molecule has 1 aromatic heterocycles. The van der Waals surface area contributed by atoms with Gasteiger partial charge in [0.05, 0.1) is 21.3 Å². The Morgan fingerprint density at radius 3 is 2.46 bits per heavy atom. The number of carboxylic acids is 1. The molecule has 0 bridgehead atoms. The molecule has 0 aliphatic rings. The summed E-state index contributed by atoms with van der Waals surface area (Å²) in [6.45, 7) is 7.59. The van der Waals surface area contributed by atoms with E-state index < -0.39 is 5.97 Å². The zero-order valence-electron chi connectivity index (χ0n) is 20.8. The molecule has 4 aromatic rings. The molecule has 0 aliphatic heterocycles. The first-order chi connectivity index (χ1) is 17.7. The maximum absolute atomic E-state index is 11.2. The second-order valence-electron chi connectivity index (χ2n) is 9.04. The smallest absolute Gasteiger partial charge is 0.335 e. The number of carbonyl (C=O) groups is 1. The minimum Gasteiger partial charge on any atom is -0.487 e. The van der Waals surface area contributed by atoms with Gasteiger partial charge in [0.2, 0.25) is 0 Å². The van der Waals surface area contributed by atoms with Gasteiger partial charge in [-0.1, -0.05) is 66.5 Å². The zero-order valence-corrected chi connectivity index (χ0v) is 22.3. The minimum absolute atomic E-state index is 0.139. The molecule has 1 heterocycles. The van der Waals surface area contributed by atoms with Crippen molar-refractivity contribution in [2.75, 3.05) is 0 Å². The van der Waals surface area contributed by atoms with Crippen LogP contribution in [-0.4, -0.2) is 26.1 Å². The van der Waals surface area contributed by atoms with Crippen molar-refractivity contribution in [3.8, 4) is 11.4 Å². The number of aryl methyl sites for hydroxylation is 1. The minimum atomic E-state index is -0.928. The van der Waals surface area contributed by atoms with Crippen molar-refractivity contribution in [2.24, 2.45) is 0 Å². The summed E-state index contributed by atoms with van der Waals surface area (Å²) in [6, 6.07) is 18.2. The highest BCUT2D eigenvalue weighted by atomic mass is 35.5. The molecular weight excluding hydrogens is 511 g/mol. The van der Waals surface area contributed by atoms with E-state index in [0.717, 1.165) is 33.8 Å². The Balaban J connectivity index is 1.45. The largest absolute Gasteiger partial charge is 0.487 e. The van der Waals surface area contributed by atoms with Crippen molar-refractivity contribution in [1.29, 1.82) is 0 Å². The highest BCUT2D eigenvalue weighted by molar-refractivity contribution is 6.37. The summed E-state index contributed by atoms with van der Waals surface area (Å²) in [5, 5.41) is 22.2. The molecule has 37 heavy (non-hydrogen) atoms. The van der Waals surface area contributed by atoms with Crippen molar-refractivity contribution in [3.63, 3.8) is 0 Å². The summed E-state index contributed by atoms with van der Waals surface area (Å²) >= 11 is 12.9. The lowest BCUT2D eigenvalue weighted by Crippen LogP contribution is -2.14. The predicted molar refractivity (Wildman–Crippen MR) is 145 cm³/mol. The molecule has 0 unspecified atom stereocenters. The normalized spacial score (nSPS) is 11.2. The van der Waals surface area contributed by atoms with Gasteiger partial charge in [-0.25, -0.2) is 9.48 Å². The summed E-state index contributed by atoms with van der Waals surface area (Å²) in [7, 11) is 0. The van der Waals surface area contributed by atoms with Gasteiger partial charge in [0.1, 0.15) is 23.7 Å². The average Bonchev–Trinajstić information content (AvgIpc) is 3.28. The molecular formula is C28H28Cl2N4O3. The zero-order chi connectivity index (χ0) is 26.5. The van der Waals surface area contributed by atoms with Gasteiger partial charge in [0, 0.05) is 13.1 Å². The van der Waals surface area contributed by atoms with Crippen molar-refractivity contribution >= 4 is 29.2 Å². The van der Waals surface area contributed by atoms with Crippen LogP contribution in [0.1, 0.15) is 58.2 Å². The van der Waals surface area contributed by atoms with E-state index in [1.54, 1.807) is 41.1 Å². The molecule has 192 valence electrons. The Kier molecular flexibility index (Phi) is 8.48. The molecule has 7 nitrogen and oxygen atoms in total. The molecule has 4 rings (SSSR count). The number of aromatic carboxylic acids is 1. The predicted octanol–water partition coefficient (Wildman–Crippen LogP) is 6.57. The fraction of sp³-hybridized carbons (Fsp3) is 0.250. The monoisotopic (exact) mass is 538 g/mol. The quantitative estimate of drug-likeness (QED) is 0.237. The number of benzene rings is 3. The molecule has 0 amide bonds. The van der Waals surface area contributed by atoms with Crippen molar-refractivity contribution in [2.45, 2.75) is 46.4 Å². The average molecular weight is 539 g/mol. The Labute approximate surface area is 226 Å². The first-order valence-corrected chi connectivity index (χ1v) is 12.6. The highest BCUT2D eigenvalue weighted by Crippen LogP contribution is 2.31. The second-order valence-corrected chi connectivity index (χ2v) is 9.86. The van der Waals surface area contributed by atoms with Crippen molar-refractivity contribution in [3.05, 3.63) is 104 Å². The number of nitrogens with one attached hydrogen (secondary N) is 1. The first-order valence-electron chi connectivity index (χ1n) is 11.9. The molecule has 9 heteroatoms. The van der Waals surface area contributed by atoms with Gasteiger partial charge in [-0.3, -0.25) is 0 Å². The summed E-state index contributed by atoms with van der Waals surface area (Å²) in [4.78, 5) is 11.2. The van der Waals surface area contributed by atoms with Crippen LogP contribution in [0.5, 0.6) is 5.75 Å². The van der Waals surface area contributed by atoms with Gasteiger partial charge in [0.15, 0.2) is 0 Å². The van der Waals surface area contributed by atoms with E-state index in [4.69, 9.17) is 33.0 Å². The lowest BCUT2D eigenvalue weighted by Gasteiger charge is -2.14.